The van der Waals surface area contributed by atoms with Gasteiger partial charge in [-0.1, -0.05) is 19.1 Å². The molecule has 0 saturated carbocycles. The van der Waals surface area contributed by atoms with Crippen LogP contribution in [0.1, 0.15) is 24.7 Å². The zero-order valence-electron chi connectivity index (χ0n) is 13.2. The summed E-state index contributed by atoms with van der Waals surface area (Å²) in [6.07, 6.45) is 0. The van der Waals surface area contributed by atoms with Crippen LogP contribution in [0.3, 0.4) is 0 Å². The second-order valence-electron chi connectivity index (χ2n) is 4.89. The van der Waals surface area contributed by atoms with Crippen LogP contribution in [0.2, 0.25) is 0 Å². The number of hydrogen-bond acceptors (Lipinski definition) is 4. The quantitative estimate of drug-likeness (QED) is 0.508. The maximum atomic E-state index is 14.2. The third kappa shape index (κ3) is 5.25. The van der Waals surface area contributed by atoms with E-state index in [9.17, 15) is 26.7 Å². The van der Waals surface area contributed by atoms with Crippen LogP contribution in [-0.4, -0.2) is 31.1 Å². The minimum absolute atomic E-state index is 0.00889. The largest absolute Gasteiger partial charge is 0.497 e. The minimum atomic E-state index is -4.75. The van der Waals surface area contributed by atoms with Crippen molar-refractivity contribution in [1.82, 2.24) is 0 Å². The summed E-state index contributed by atoms with van der Waals surface area (Å²) in [5.74, 6) is -7.45. The normalized spacial score (nSPS) is 14.8. The lowest BCUT2D eigenvalue weighted by Crippen LogP contribution is -2.40. The second kappa shape index (κ2) is 8.04. The first-order valence-corrected chi connectivity index (χ1v) is 7.84. The summed E-state index contributed by atoms with van der Waals surface area (Å²) in [4.78, 5) is 11.4. The zero-order chi connectivity index (χ0) is 18.5. The highest BCUT2D eigenvalue weighted by Crippen LogP contribution is 2.50. The molecule has 2 atom stereocenters. The van der Waals surface area contributed by atoms with Gasteiger partial charge in [0, 0.05) is 11.2 Å². The molecule has 2 unspecified atom stereocenters. The third-order valence-corrected chi connectivity index (χ3v) is 4.48. The van der Waals surface area contributed by atoms with E-state index in [1.807, 2.05) is 0 Å². The van der Waals surface area contributed by atoms with Gasteiger partial charge in [0.15, 0.2) is 0 Å². The Bertz CT molecular complexity index is 545. The van der Waals surface area contributed by atoms with Gasteiger partial charge in [-0.3, -0.25) is 0 Å². The zero-order valence-corrected chi connectivity index (χ0v) is 14.0. The van der Waals surface area contributed by atoms with Gasteiger partial charge in [-0.15, -0.1) is 0 Å². The van der Waals surface area contributed by atoms with Crippen LogP contribution in [0.4, 0.5) is 22.0 Å². The Morgan fingerprint density at radius 3 is 2.12 bits per heavy atom. The first kappa shape index (κ1) is 20.5. The molecule has 0 bridgehead atoms. The number of carbonyl (C=O) groups is 1. The molecule has 0 aliphatic heterocycles. The van der Waals surface area contributed by atoms with Gasteiger partial charge in [0.05, 0.1) is 13.7 Å². The highest BCUT2D eigenvalue weighted by Gasteiger charge is 2.52. The highest BCUT2D eigenvalue weighted by molar-refractivity contribution is 8.00. The molecule has 0 aliphatic carbocycles. The van der Waals surface area contributed by atoms with Gasteiger partial charge in [-0.2, -0.15) is 22.0 Å². The van der Waals surface area contributed by atoms with E-state index in [1.165, 1.54) is 38.3 Å². The molecule has 9 heteroatoms. The van der Waals surface area contributed by atoms with Crippen LogP contribution in [0.5, 0.6) is 5.75 Å². The van der Waals surface area contributed by atoms with Gasteiger partial charge >= 0.3 is 17.4 Å². The maximum absolute atomic E-state index is 14.2. The molecule has 136 valence electrons. The molecule has 0 heterocycles. The second-order valence-corrected chi connectivity index (χ2v) is 6.10. The standard InChI is InChI=1S/C15H17F5O3S/c1-4-23-13(21)14(16,17)9(2)12(24-15(18,19)20)10-5-7-11(22-3)8-6-10/h5-9,12H,4H2,1-3H3. The smallest absolute Gasteiger partial charge is 0.442 e. The van der Waals surface area contributed by atoms with E-state index < -0.39 is 40.3 Å². The summed E-state index contributed by atoms with van der Waals surface area (Å²) in [7, 11) is 1.37. The van der Waals surface area contributed by atoms with Crippen molar-refractivity contribution in [3.63, 3.8) is 0 Å². The first-order valence-electron chi connectivity index (χ1n) is 6.96. The van der Waals surface area contributed by atoms with Gasteiger partial charge < -0.3 is 9.47 Å². The van der Waals surface area contributed by atoms with Crippen LogP contribution in [0.25, 0.3) is 0 Å². The summed E-state index contributed by atoms with van der Waals surface area (Å²) in [6, 6.07) is 5.27. The average Bonchev–Trinajstić information content (AvgIpc) is 2.51. The fraction of sp³-hybridized carbons (Fsp3) is 0.533. The van der Waals surface area contributed by atoms with Crippen molar-refractivity contribution in [3.05, 3.63) is 29.8 Å². The maximum Gasteiger partial charge on any atom is 0.442 e. The highest BCUT2D eigenvalue weighted by atomic mass is 32.2. The predicted molar refractivity (Wildman–Crippen MR) is 80.1 cm³/mol. The molecule has 0 N–H and O–H groups in total. The molecule has 1 aromatic carbocycles. The Hall–Kier alpha value is -1.51. The fourth-order valence-electron chi connectivity index (χ4n) is 2.00. The van der Waals surface area contributed by atoms with Gasteiger partial charge in [0.2, 0.25) is 0 Å². The Kier molecular flexibility index (Phi) is 6.88. The number of methoxy groups -OCH3 is 1. The number of rotatable bonds is 7. The lowest BCUT2D eigenvalue weighted by Gasteiger charge is -2.29. The van der Waals surface area contributed by atoms with Crippen LogP contribution in [0, 0.1) is 5.92 Å². The van der Waals surface area contributed by atoms with Crippen molar-refractivity contribution in [2.24, 2.45) is 5.92 Å². The third-order valence-electron chi connectivity index (χ3n) is 3.28. The molecule has 0 spiro atoms. The van der Waals surface area contributed by atoms with Crippen molar-refractivity contribution in [3.8, 4) is 5.75 Å². The van der Waals surface area contributed by atoms with Crippen molar-refractivity contribution in [2.75, 3.05) is 13.7 Å². The number of carbonyl (C=O) groups excluding carboxylic acids is 1. The molecule has 0 fully saturated rings. The van der Waals surface area contributed by atoms with Crippen molar-refractivity contribution in [2.45, 2.75) is 30.5 Å². The van der Waals surface area contributed by atoms with Crippen molar-refractivity contribution < 1.29 is 36.2 Å². The van der Waals surface area contributed by atoms with E-state index >= 15 is 0 Å². The molecule has 0 aromatic heterocycles. The van der Waals surface area contributed by atoms with E-state index in [1.54, 1.807) is 0 Å². The number of benzene rings is 1. The molecular formula is C15H17F5O3S. The molecule has 24 heavy (non-hydrogen) atoms. The van der Waals surface area contributed by atoms with Gasteiger partial charge in [0.1, 0.15) is 5.75 Å². The first-order chi connectivity index (χ1) is 11.0. The Balaban J connectivity index is 3.18. The number of thioether (sulfide) groups is 1. The van der Waals surface area contributed by atoms with E-state index in [2.05, 4.69) is 4.74 Å². The monoisotopic (exact) mass is 372 g/mol. The molecule has 3 nitrogen and oxygen atoms in total. The number of hydrogen-bond donors (Lipinski definition) is 0. The van der Waals surface area contributed by atoms with E-state index in [4.69, 9.17) is 4.74 Å². The fourth-order valence-corrected chi connectivity index (χ4v) is 2.96. The molecule has 0 amide bonds. The van der Waals surface area contributed by atoms with Gasteiger partial charge in [-0.05, 0) is 36.4 Å². The van der Waals surface area contributed by atoms with Crippen LogP contribution < -0.4 is 4.74 Å². The molecule has 0 saturated heterocycles. The molecule has 1 rings (SSSR count). The average molecular weight is 372 g/mol. The van der Waals surface area contributed by atoms with Crippen LogP contribution in [-0.2, 0) is 9.53 Å². The van der Waals surface area contributed by atoms with Crippen molar-refractivity contribution >= 4 is 17.7 Å². The lowest BCUT2D eigenvalue weighted by molar-refractivity contribution is -0.179. The van der Waals surface area contributed by atoms with Crippen LogP contribution >= 0.6 is 11.8 Å². The molecule has 0 radical (unpaired) electrons. The summed E-state index contributed by atoms with van der Waals surface area (Å²) >= 11 is -0.590. The number of esters is 1. The Labute approximate surface area is 140 Å². The predicted octanol–water partition coefficient (Wildman–Crippen LogP) is 4.82. The SMILES string of the molecule is CCOC(=O)C(F)(F)C(C)C(SC(F)(F)F)c1ccc(OC)cc1. The summed E-state index contributed by atoms with van der Waals surface area (Å²) < 4.78 is 76.0. The Morgan fingerprint density at radius 1 is 1.17 bits per heavy atom. The number of alkyl halides is 5. The number of ether oxygens (including phenoxy) is 2. The summed E-state index contributed by atoms with van der Waals surface area (Å²) in [6.45, 7) is 1.94. The van der Waals surface area contributed by atoms with E-state index in [-0.39, 0.29) is 12.2 Å². The molecule has 0 aliphatic rings. The minimum Gasteiger partial charge on any atom is -0.497 e. The van der Waals surface area contributed by atoms with Crippen molar-refractivity contribution in [1.29, 1.82) is 0 Å². The van der Waals surface area contributed by atoms with Crippen LogP contribution in [0.15, 0.2) is 24.3 Å². The lowest BCUT2D eigenvalue weighted by atomic mass is 9.94. The summed E-state index contributed by atoms with van der Waals surface area (Å²) in [5.41, 5.74) is -4.74. The molecular weight excluding hydrogens is 355 g/mol. The Morgan fingerprint density at radius 2 is 1.71 bits per heavy atom. The van der Waals surface area contributed by atoms with E-state index in [0.29, 0.717) is 5.75 Å². The van der Waals surface area contributed by atoms with Gasteiger partial charge in [-0.25, -0.2) is 4.79 Å². The molecule has 1 aromatic rings. The van der Waals surface area contributed by atoms with Gasteiger partial charge in [0.25, 0.3) is 0 Å². The topological polar surface area (TPSA) is 35.5 Å². The number of halogens is 5. The van der Waals surface area contributed by atoms with E-state index in [0.717, 1.165) is 6.92 Å². The summed E-state index contributed by atoms with van der Waals surface area (Å²) in [5, 5.41) is -1.68.